The van der Waals surface area contributed by atoms with Crippen LogP contribution in [-0.4, -0.2) is 37.0 Å². The average Bonchev–Trinajstić information content (AvgIpc) is 2.79. The summed E-state index contributed by atoms with van der Waals surface area (Å²) in [5.41, 5.74) is 0. The molecule has 100 valence electrons. The van der Waals surface area contributed by atoms with Crippen LogP contribution in [0.3, 0.4) is 0 Å². The molecule has 1 saturated heterocycles. The van der Waals surface area contributed by atoms with Crippen LogP contribution in [0.2, 0.25) is 0 Å². The van der Waals surface area contributed by atoms with Gasteiger partial charge in [0.2, 0.25) is 5.91 Å². The van der Waals surface area contributed by atoms with Crippen LogP contribution >= 0.6 is 0 Å². The Kier molecular flexibility index (Phi) is 4.60. The van der Waals surface area contributed by atoms with Crippen molar-refractivity contribution in [3.8, 4) is 6.07 Å². The van der Waals surface area contributed by atoms with Gasteiger partial charge in [-0.05, 0) is 51.6 Å². The second kappa shape index (κ2) is 6.19. The third-order valence-electron chi connectivity index (χ3n) is 4.34. The van der Waals surface area contributed by atoms with E-state index in [1.807, 2.05) is 0 Å². The molecule has 2 aliphatic rings. The number of rotatable bonds is 3. The Labute approximate surface area is 109 Å². The minimum atomic E-state index is 0.187. The number of nitrogens with one attached hydrogen (secondary N) is 1. The molecule has 1 heterocycles. The van der Waals surface area contributed by atoms with E-state index in [4.69, 9.17) is 5.26 Å². The fourth-order valence-electron chi connectivity index (χ4n) is 3.11. The second-order valence-electron chi connectivity index (χ2n) is 5.84. The molecule has 4 nitrogen and oxygen atoms in total. The lowest BCUT2D eigenvalue weighted by atomic mass is 9.84. The van der Waals surface area contributed by atoms with Gasteiger partial charge >= 0.3 is 0 Å². The molecule has 1 saturated carbocycles. The summed E-state index contributed by atoms with van der Waals surface area (Å²) >= 11 is 0. The Morgan fingerprint density at radius 2 is 2.06 bits per heavy atom. The molecule has 0 spiro atoms. The molecule has 0 aromatic rings. The molecule has 1 amide bonds. The topological polar surface area (TPSA) is 56.1 Å². The van der Waals surface area contributed by atoms with E-state index in [-0.39, 0.29) is 11.8 Å². The summed E-state index contributed by atoms with van der Waals surface area (Å²) in [7, 11) is 2.07. The third-order valence-corrected chi connectivity index (χ3v) is 4.34. The predicted octanol–water partition coefficient (Wildman–Crippen LogP) is 1.53. The Morgan fingerprint density at radius 3 is 2.61 bits per heavy atom. The van der Waals surface area contributed by atoms with E-state index in [0.717, 1.165) is 45.2 Å². The normalized spacial score (nSPS) is 33.0. The van der Waals surface area contributed by atoms with Gasteiger partial charge in [0.05, 0.1) is 12.0 Å². The average molecular weight is 249 g/mol. The molecule has 2 fully saturated rings. The molecule has 0 aromatic carbocycles. The summed E-state index contributed by atoms with van der Waals surface area (Å²) in [6, 6.07) is 2.60. The van der Waals surface area contributed by atoms with Gasteiger partial charge in [0, 0.05) is 19.0 Å². The van der Waals surface area contributed by atoms with E-state index in [1.54, 1.807) is 0 Å². The Balaban J connectivity index is 1.71. The Bertz CT molecular complexity index is 328. The maximum Gasteiger partial charge on any atom is 0.224 e. The molecule has 1 atom stereocenters. The number of carbonyl (C=O) groups excluding carboxylic acids is 1. The van der Waals surface area contributed by atoms with Gasteiger partial charge in [0.25, 0.3) is 0 Å². The van der Waals surface area contributed by atoms with Crippen molar-refractivity contribution in [1.29, 1.82) is 5.26 Å². The van der Waals surface area contributed by atoms with E-state index >= 15 is 0 Å². The van der Waals surface area contributed by atoms with Crippen molar-refractivity contribution in [2.75, 3.05) is 20.1 Å². The van der Waals surface area contributed by atoms with Crippen LogP contribution in [0, 0.1) is 23.2 Å². The molecule has 0 radical (unpaired) electrons. The first-order valence-electron chi connectivity index (χ1n) is 7.05. The molecule has 1 unspecified atom stereocenters. The second-order valence-corrected chi connectivity index (χ2v) is 5.84. The lowest BCUT2D eigenvalue weighted by Gasteiger charge is -2.28. The van der Waals surface area contributed by atoms with Crippen molar-refractivity contribution < 1.29 is 4.79 Å². The van der Waals surface area contributed by atoms with E-state index in [9.17, 15) is 4.79 Å². The van der Waals surface area contributed by atoms with Crippen molar-refractivity contribution in [3.05, 3.63) is 0 Å². The molecule has 18 heavy (non-hydrogen) atoms. The first-order chi connectivity index (χ1) is 8.69. The van der Waals surface area contributed by atoms with Gasteiger partial charge in [-0.25, -0.2) is 0 Å². The number of hydrogen-bond acceptors (Lipinski definition) is 3. The Morgan fingerprint density at radius 1 is 1.33 bits per heavy atom. The largest absolute Gasteiger partial charge is 0.353 e. The minimum absolute atomic E-state index is 0.187. The standard InChI is InChI=1S/C14H23N3O/c1-17-9-7-12(10-17)14(18)16-13-4-2-11(3-5-13)6-8-15/h11-13H,2-7,9-10H2,1H3,(H,16,18). The zero-order valence-corrected chi connectivity index (χ0v) is 11.2. The SMILES string of the molecule is CN1CCC(C(=O)NC2CCC(CC#N)CC2)C1. The number of nitrogens with zero attached hydrogens (tertiary/aromatic N) is 2. The molecule has 0 aromatic heterocycles. The lowest BCUT2D eigenvalue weighted by Crippen LogP contribution is -2.41. The first kappa shape index (κ1) is 13.4. The van der Waals surface area contributed by atoms with Gasteiger partial charge in [-0.1, -0.05) is 0 Å². The van der Waals surface area contributed by atoms with E-state index in [0.29, 0.717) is 18.4 Å². The maximum atomic E-state index is 12.1. The van der Waals surface area contributed by atoms with E-state index in [2.05, 4.69) is 23.3 Å². The van der Waals surface area contributed by atoms with Crippen LogP contribution in [0.4, 0.5) is 0 Å². The van der Waals surface area contributed by atoms with E-state index in [1.165, 1.54) is 0 Å². The molecular weight excluding hydrogens is 226 g/mol. The smallest absolute Gasteiger partial charge is 0.224 e. The van der Waals surface area contributed by atoms with Crippen LogP contribution in [-0.2, 0) is 4.79 Å². The summed E-state index contributed by atoms with van der Waals surface area (Å²) in [6.45, 7) is 1.93. The Hall–Kier alpha value is -1.08. The van der Waals surface area contributed by atoms with Crippen molar-refractivity contribution >= 4 is 5.91 Å². The highest BCUT2D eigenvalue weighted by molar-refractivity contribution is 5.79. The van der Waals surface area contributed by atoms with Crippen LogP contribution in [0.15, 0.2) is 0 Å². The van der Waals surface area contributed by atoms with Crippen LogP contribution < -0.4 is 5.32 Å². The highest BCUT2D eigenvalue weighted by atomic mass is 16.2. The van der Waals surface area contributed by atoms with Gasteiger partial charge in [-0.2, -0.15) is 5.26 Å². The zero-order valence-electron chi connectivity index (χ0n) is 11.2. The predicted molar refractivity (Wildman–Crippen MR) is 69.7 cm³/mol. The van der Waals surface area contributed by atoms with Gasteiger partial charge in [0.1, 0.15) is 0 Å². The molecule has 4 heteroatoms. The lowest BCUT2D eigenvalue weighted by molar-refractivity contribution is -0.125. The molecular formula is C14H23N3O. The summed E-state index contributed by atoms with van der Waals surface area (Å²) < 4.78 is 0. The highest BCUT2D eigenvalue weighted by Crippen LogP contribution is 2.27. The van der Waals surface area contributed by atoms with E-state index < -0.39 is 0 Å². The van der Waals surface area contributed by atoms with Crippen molar-refractivity contribution in [2.24, 2.45) is 11.8 Å². The number of hydrogen-bond donors (Lipinski definition) is 1. The molecule has 0 bridgehead atoms. The summed E-state index contributed by atoms with van der Waals surface area (Å²) in [4.78, 5) is 14.3. The highest BCUT2D eigenvalue weighted by Gasteiger charge is 2.29. The molecule has 1 aliphatic carbocycles. The molecule has 2 rings (SSSR count). The van der Waals surface area contributed by atoms with Crippen molar-refractivity contribution in [3.63, 3.8) is 0 Å². The summed E-state index contributed by atoms with van der Waals surface area (Å²) in [5, 5.41) is 11.9. The maximum absolute atomic E-state index is 12.1. The van der Waals surface area contributed by atoms with Crippen molar-refractivity contribution in [1.82, 2.24) is 10.2 Å². The third kappa shape index (κ3) is 3.46. The quantitative estimate of drug-likeness (QED) is 0.825. The van der Waals surface area contributed by atoms with Crippen LogP contribution in [0.25, 0.3) is 0 Å². The molecule has 1 aliphatic heterocycles. The van der Waals surface area contributed by atoms with Gasteiger partial charge < -0.3 is 10.2 Å². The van der Waals surface area contributed by atoms with Gasteiger partial charge in [0.15, 0.2) is 0 Å². The number of amides is 1. The van der Waals surface area contributed by atoms with Crippen LogP contribution in [0.1, 0.15) is 38.5 Å². The first-order valence-corrected chi connectivity index (χ1v) is 7.05. The number of carbonyl (C=O) groups is 1. The zero-order chi connectivity index (χ0) is 13.0. The monoisotopic (exact) mass is 249 g/mol. The molecule has 1 N–H and O–H groups in total. The van der Waals surface area contributed by atoms with Crippen LogP contribution in [0.5, 0.6) is 0 Å². The van der Waals surface area contributed by atoms with Gasteiger partial charge in [-0.15, -0.1) is 0 Å². The van der Waals surface area contributed by atoms with Gasteiger partial charge in [-0.3, -0.25) is 4.79 Å². The number of likely N-dealkylation sites (tertiary alicyclic amines) is 1. The fraction of sp³-hybridized carbons (Fsp3) is 0.857. The van der Waals surface area contributed by atoms with Crippen molar-refractivity contribution in [2.45, 2.75) is 44.6 Å². The fourth-order valence-corrected chi connectivity index (χ4v) is 3.11. The summed E-state index contributed by atoms with van der Waals surface area (Å²) in [6.07, 6.45) is 5.92. The minimum Gasteiger partial charge on any atom is -0.353 e. The summed E-state index contributed by atoms with van der Waals surface area (Å²) in [5.74, 6) is 0.982. The number of nitriles is 1.